The fraction of sp³-hybridized carbons (Fsp3) is 0.548. The first-order chi connectivity index (χ1) is 16.5. The van der Waals surface area contributed by atoms with Gasteiger partial charge < -0.3 is 4.74 Å². The van der Waals surface area contributed by atoms with Crippen LogP contribution in [-0.4, -0.2) is 5.97 Å². The molecule has 3 heteroatoms. The van der Waals surface area contributed by atoms with E-state index in [1.165, 1.54) is 31.2 Å². The highest BCUT2D eigenvalue weighted by Crippen LogP contribution is 2.41. The molecule has 0 radical (unpaired) electrons. The number of carbonyl (C=O) groups is 1. The molecule has 3 nitrogen and oxygen atoms in total. The minimum absolute atomic E-state index is 0.215. The first-order valence-electron chi connectivity index (χ1n) is 13.4. The summed E-state index contributed by atoms with van der Waals surface area (Å²) in [5, 5.41) is 9.64. The number of rotatable bonds is 11. The second kappa shape index (κ2) is 12.7. The first-order valence-corrected chi connectivity index (χ1v) is 13.4. The zero-order valence-electron chi connectivity index (χ0n) is 21.4. The van der Waals surface area contributed by atoms with Crippen LogP contribution in [0.4, 0.5) is 0 Å². The van der Waals surface area contributed by atoms with Crippen molar-refractivity contribution in [3.05, 3.63) is 64.7 Å². The van der Waals surface area contributed by atoms with E-state index in [2.05, 4.69) is 51.1 Å². The lowest BCUT2D eigenvalue weighted by Crippen LogP contribution is -2.41. The second-order valence-electron chi connectivity index (χ2n) is 10.2. The molecule has 2 aromatic rings. The summed E-state index contributed by atoms with van der Waals surface area (Å²) in [6, 6.07) is 16.5. The fourth-order valence-electron chi connectivity index (χ4n) is 5.37. The number of hydrogen-bond acceptors (Lipinski definition) is 3. The Kier molecular flexibility index (Phi) is 9.75. The van der Waals surface area contributed by atoms with Crippen LogP contribution in [0.1, 0.15) is 107 Å². The third-order valence-corrected chi connectivity index (χ3v) is 7.39. The van der Waals surface area contributed by atoms with Gasteiger partial charge in [-0.15, -0.1) is 0 Å². The minimum Gasteiger partial charge on any atom is -0.424 e. The molecule has 1 atom stereocenters. The van der Waals surface area contributed by atoms with Crippen LogP contribution in [0.5, 0.6) is 5.75 Å². The van der Waals surface area contributed by atoms with Gasteiger partial charge in [0, 0.05) is 0 Å². The van der Waals surface area contributed by atoms with Crippen LogP contribution in [0.15, 0.2) is 42.5 Å². The van der Waals surface area contributed by atoms with Crippen molar-refractivity contribution in [1.29, 1.82) is 5.26 Å². The normalized spacial score (nSPS) is 15.9. The number of nitrogens with zero attached hydrogens (tertiary/aromatic N) is 1. The predicted octanol–water partition coefficient (Wildman–Crippen LogP) is 8.08. The van der Waals surface area contributed by atoms with Gasteiger partial charge in [-0.2, -0.15) is 5.26 Å². The lowest BCUT2D eigenvalue weighted by molar-refractivity contribution is -0.142. The number of esters is 1. The summed E-state index contributed by atoms with van der Waals surface area (Å²) in [6.45, 7) is 6.70. The molecule has 34 heavy (non-hydrogen) atoms. The van der Waals surface area contributed by atoms with E-state index < -0.39 is 5.41 Å². The van der Waals surface area contributed by atoms with Gasteiger partial charge in [0.15, 0.2) is 0 Å². The Morgan fingerprint density at radius 3 is 2.35 bits per heavy atom. The summed E-state index contributed by atoms with van der Waals surface area (Å²) >= 11 is 0. The van der Waals surface area contributed by atoms with Crippen molar-refractivity contribution in [2.45, 2.75) is 103 Å². The van der Waals surface area contributed by atoms with Crippen molar-refractivity contribution in [3.8, 4) is 11.8 Å². The lowest BCUT2D eigenvalue weighted by atomic mass is 9.69. The Morgan fingerprint density at radius 1 is 1.00 bits per heavy atom. The molecule has 1 unspecified atom stereocenters. The maximum absolute atomic E-state index is 13.6. The van der Waals surface area contributed by atoms with Crippen LogP contribution in [-0.2, 0) is 23.1 Å². The number of benzene rings is 2. The van der Waals surface area contributed by atoms with Crippen LogP contribution >= 0.6 is 0 Å². The van der Waals surface area contributed by atoms with Gasteiger partial charge >= 0.3 is 5.97 Å². The first kappa shape index (κ1) is 26.0. The van der Waals surface area contributed by atoms with Crippen molar-refractivity contribution in [1.82, 2.24) is 0 Å². The molecular weight excluding hydrogens is 418 g/mol. The average Bonchev–Trinajstić information content (AvgIpc) is 2.86. The average molecular weight is 460 g/mol. The van der Waals surface area contributed by atoms with Gasteiger partial charge in [-0.3, -0.25) is 4.79 Å². The Hall–Kier alpha value is -2.60. The highest BCUT2D eigenvalue weighted by Gasteiger charge is 2.43. The van der Waals surface area contributed by atoms with Crippen LogP contribution in [0.2, 0.25) is 0 Å². The number of carbonyl (C=O) groups excluding carboxylic acids is 1. The van der Waals surface area contributed by atoms with E-state index in [0.717, 1.165) is 62.5 Å². The topological polar surface area (TPSA) is 50.1 Å². The Balaban J connectivity index is 1.78. The van der Waals surface area contributed by atoms with Gasteiger partial charge in [-0.05, 0) is 60.4 Å². The van der Waals surface area contributed by atoms with Crippen LogP contribution in [0.3, 0.4) is 0 Å². The lowest BCUT2D eigenvalue weighted by Gasteiger charge is -2.35. The molecule has 1 aliphatic rings. The van der Waals surface area contributed by atoms with Crippen LogP contribution < -0.4 is 4.74 Å². The molecule has 0 saturated heterocycles. The zero-order chi connectivity index (χ0) is 24.4. The molecule has 0 N–H and O–H groups in total. The van der Waals surface area contributed by atoms with E-state index in [1.54, 1.807) is 6.07 Å². The van der Waals surface area contributed by atoms with Gasteiger partial charge in [-0.1, -0.05) is 102 Å². The smallest absolute Gasteiger partial charge is 0.321 e. The Bertz CT molecular complexity index is 964. The summed E-state index contributed by atoms with van der Waals surface area (Å²) < 4.78 is 5.96. The van der Waals surface area contributed by atoms with Crippen molar-refractivity contribution < 1.29 is 9.53 Å². The molecule has 3 rings (SSSR count). The van der Waals surface area contributed by atoms with Gasteiger partial charge in [0.25, 0.3) is 0 Å². The highest BCUT2D eigenvalue weighted by molar-refractivity contribution is 5.85. The molecule has 0 aliphatic heterocycles. The summed E-state index contributed by atoms with van der Waals surface area (Å²) in [7, 11) is 0. The van der Waals surface area contributed by atoms with Crippen LogP contribution in [0.25, 0.3) is 0 Å². The molecule has 182 valence electrons. The van der Waals surface area contributed by atoms with Crippen molar-refractivity contribution >= 4 is 5.97 Å². The molecule has 0 spiro atoms. The maximum atomic E-state index is 13.6. The summed E-state index contributed by atoms with van der Waals surface area (Å²) in [6.07, 6.45) is 12.9. The number of nitriles is 1. The van der Waals surface area contributed by atoms with E-state index in [-0.39, 0.29) is 5.97 Å². The highest BCUT2D eigenvalue weighted by atomic mass is 16.5. The fourth-order valence-corrected chi connectivity index (χ4v) is 5.37. The number of hydrogen-bond donors (Lipinski definition) is 0. The summed E-state index contributed by atoms with van der Waals surface area (Å²) in [5.74, 6) is 0.841. The van der Waals surface area contributed by atoms with Crippen LogP contribution in [0, 0.1) is 17.2 Å². The molecule has 2 aromatic carbocycles. The number of unbranched alkanes of at least 4 members (excludes halogenated alkanes) is 2. The molecule has 1 fully saturated rings. The van der Waals surface area contributed by atoms with Crippen molar-refractivity contribution in [2.24, 2.45) is 5.92 Å². The SMILES string of the molecule is CCCCCC(C)Cc1ccc(C2(C(=O)Oc3ccc(CCC)cc3C#N)CCCCC2)cc1. The number of aryl methyl sites for hydroxylation is 1. The van der Waals surface area contributed by atoms with Gasteiger partial charge in [0.05, 0.1) is 11.0 Å². The van der Waals surface area contributed by atoms with E-state index in [0.29, 0.717) is 17.2 Å². The second-order valence-corrected chi connectivity index (χ2v) is 10.2. The van der Waals surface area contributed by atoms with Crippen molar-refractivity contribution in [3.63, 3.8) is 0 Å². The summed E-state index contributed by atoms with van der Waals surface area (Å²) in [4.78, 5) is 13.6. The maximum Gasteiger partial charge on any atom is 0.321 e. The van der Waals surface area contributed by atoms with Gasteiger partial charge in [0.2, 0.25) is 0 Å². The van der Waals surface area contributed by atoms with Crippen molar-refractivity contribution in [2.75, 3.05) is 0 Å². The molecule has 0 amide bonds. The molecule has 1 aliphatic carbocycles. The Morgan fingerprint density at radius 2 is 1.71 bits per heavy atom. The predicted molar refractivity (Wildman–Crippen MR) is 139 cm³/mol. The standard InChI is InChI=1S/C31H41NO2/c1-4-6-8-12-24(3)21-26-13-16-28(17-14-26)31(19-9-7-10-20-31)30(33)34-29-18-15-25(11-5-2)22-27(29)23-32/h13-18,22,24H,4-12,19-21H2,1-3H3. The van der Waals surface area contributed by atoms with Gasteiger partial charge in [-0.25, -0.2) is 0 Å². The minimum atomic E-state index is -0.627. The molecule has 1 saturated carbocycles. The largest absolute Gasteiger partial charge is 0.424 e. The quantitative estimate of drug-likeness (QED) is 0.194. The van der Waals surface area contributed by atoms with Gasteiger partial charge in [0.1, 0.15) is 11.8 Å². The molecule has 0 heterocycles. The summed E-state index contributed by atoms with van der Waals surface area (Å²) in [5.41, 5.74) is 3.31. The third kappa shape index (κ3) is 6.50. The monoisotopic (exact) mass is 459 g/mol. The Labute approximate surface area is 206 Å². The molecular formula is C31H41NO2. The van der Waals surface area contributed by atoms with E-state index in [4.69, 9.17) is 4.74 Å². The third-order valence-electron chi connectivity index (χ3n) is 7.39. The van der Waals surface area contributed by atoms with E-state index in [1.807, 2.05) is 12.1 Å². The molecule has 0 bridgehead atoms. The molecule has 0 aromatic heterocycles. The zero-order valence-corrected chi connectivity index (χ0v) is 21.4. The van der Waals surface area contributed by atoms with E-state index in [9.17, 15) is 10.1 Å². The van der Waals surface area contributed by atoms with E-state index >= 15 is 0 Å². The number of ether oxygens (including phenoxy) is 1.